The molecule has 0 aliphatic heterocycles. The summed E-state index contributed by atoms with van der Waals surface area (Å²) in [6, 6.07) is 8.71. The zero-order valence-corrected chi connectivity index (χ0v) is 13.6. The highest BCUT2D eigenvalue weighted by atomic mass is 35.5. The van der Waals surface area contributed by atoms with Crippen LogP contribution in [-0.4, -0.2) is 26.2 Å². The molecular formula is C15H10ClN5OS. The van der Waals surface area contributed by atoms with Crippen LogP contribution in [0.2, 0.25) is 5.02 Å². The fourth-order valence-electron chi connectivity index (χ4n) is 2.10. The third-order valence-electron chi connectivity index (χ3n) is 3.20. The van der Waals surface area contributed by atoms with Gasteiger partial charge in [0.25, 0.3) is 0 Å². The lowest BCUT2D eigenvalue weighted by Crippen LogP contribution is -2.03. The fourth-order valence-corrected chi connectivity index (χ4v) is 3.15. The summed E-state index contributed by atoms with van der Waals surface area (Å²) >= 11 is 7.23. The Labute approximate surface area is 140 Å². The Bertz CT molecular complexity index is 907. The second-order valence-electron chi connectivity index (χ2n) is 4.75. The highest BCUT2D eigenvalue weighted by molar-refractivity contribution is 7.12. The van der Waals surface area contributed by atoms with Crippen molar-refractivity contribution < 1.29 is 4.79 Å². The molecule has 3 rings (SSSR count). The van der Waals surface area contributed by atoms with Crippen LogP contribution in [-0.2, 0) is 6.42 Å². The minimum Gasteiger partial charge on any atom is -0.294 e. The SMILES string of the molecule is Cc1sc(CC(=O)c2ccc(Cl)cc2)nc1-c1n[nH]nc1C#N. The van der Waals surface area contributed by atoms with Crippen molar-refractivity contribution in [2.75, 3.05) is 0 Å². The van der Waals surface area contributed by atoms with E-state index < -0.39 is 0 Å². The topological polar surface area (TPSA) is 95.3 Å². The molecule has 0 unspecified atom stereocenters. The van der Waals surface area contributed by atoms with Crippen molar-refractivity contribution >= 4 is 28.7 Å². The molecule has 0 amide bonds. The number of nitrogens with zero attached hydrogens (tertiary/aromatic N) is 4. The zero-order valence-electron chi connectivity index (χ0n) is 12.0. The molecule has 2 aromatic heterocycles. The van der Waals surface area contributed by atoms with Gasteiger partial charge in [0.05, 0.1) is 6.42 Å². The van der Waals surface area contributed by atoms with Crippen molar-refractivity contribution in [1.82, 2.24) is 20.4 Å². The number of H-pyrrole nitrogens is 1. The molecule has 0 aliphatic carbocycles. The molecular weight excluding hydrogens is 334 g/mol. The van der Waals surface area contributed by atoms with Gasteiger partial charge in [0.2, 0.25) is 0 Å². The smallest absolute Gasteiger partial charge is 0.192 e. The molecule has 0 radical (unpaired) electrons. The van der Waals surface area contributed by atoms with Crippen molar-refractivity contribution in [2.45, 2.75) is 13.3 Å². The van der Waals surface area contributed by atoms with Crippen molar-refractivity contribution in [2.24, 2.45) is 0 Å². The summed E-state index contributed by atoms with van der Waals surface area (Å²) < 4.78 is 0. The maximum absolute atomic E-state index is 12.3. The molecule has 0 fully saturated rings. The summed E-state index contributed by atoms with van der Waals surface area (Å²) in [7, 11) is 0. The van der Waals surface area contributed by atoms with E-state index in [1.54, 1.807) is 24.3 Å². The van der Waals surface area contributed by atoms with Gasteiger partial charge >= 0.3 is 0 Å². The van der Waals surface area contributed by atoms with E-state index in [2.05, 4.69) is 20.4 Å². The van der Waals surface area contributed by atoms with E-state index in [-0.39, 0.29) is 17.9 Å². The van der Waals surface area contributed by atoms with Gasteiger partial charge in [-0.15, -0.1) is 16.4 Å². The number of hydrogen-bond acceptors (Lipinski definition) is 6. The largest absolute Gasteiger partial charge is 0.294 e. The van der Waals surface area contributed by atoms with Crippen LogP contribution in [0, 0.1) is 18.3 Å². The normalized spacial score (nSPS) is 10.5. The van der Waals surface area contributed by atoms with E-state index >= 15 is 0 Å². The highest BCUT2D eigenvalue weighted by Gasteiger charge is 2.18. The van der Waals surface area contributed by atoms with Crippen LogP contribution < -0.4 is 0 Å². The van der Waals surface area contributed by atoms with Crippen LogP contribution in [0.1, 0.15) is 25.9 Å². The number of nitriles is 1. The first-order chi connectivity index (χ1) is 11.1. The number of thiazole rings is 1. The lowest BCUT2D eigenvalue weighted by molar-refractivity contribution is 0.0993. The van der Waals surface area contributed by atoms with E-state index in [4.69, 9.17) is 16.9 Å². The van der Waals surface area contributed by atoms with E-state index in [1.807, 2.05) is 13.0 Å². The minimum absolute atomic E-state index is 0.0392. The first-order valence-electron chi connectivity index (χ1n) is 6.65. The first kappa shape index (κ1) is 15.3. The lowest BCUT2D eigenvalue weighted by Gasteiger charge is -1.98. The van der Waals surface area contributed by atoms with Crippen molar-refractivity contribution in [1.29, 1.82) is 5.26 Å². The van der Waals surface area contributed by atoms with E-state index in [1.165, 1.54) is 11.3 Å². The minimum atomic E-state index is -0.0392. The van der Waals surface area contributed by atoms with E-state index in [9.17, 15) is 4.79 Å². The molecule has 0 spiro atoms. The number of hydrogen-bond donors (Lipinski definition) is 1. The number of Topliss-reactive ketones (excluding diaryl/α,β-unsaturated/α-hetero) is 1. The molecule has 1 aromatic carbocycles. The second kappa shape index (κ2) is 6.28. The molecule has 2 heterocycles. The van der Waals surface area contributed by atoms with Gasteiger partial charge in [-0.1, -0.05) is 11.6 Å². The van der Waals surface area contributed by atoms with Gasteiger partial charge in [0.15, 0.2) is 17.2 Å². The molecule has 0 atom stereocenters. The third-order valence-corrected chi connectivity index (χ3v) is 4.42. The molecule has 6 nitrogen and oxygen atoms in total. The fraction of sp³-hybridized carbons (Fsp3) is 0.133. The highest BCUT2D eigenvalue weighted by Crippen LogP contribution is 2.28. The van der Waals surface area contributed by atoms with Gasteiger partial charge in [0, 0.05) is 15.5 Å². The lowest BCUT2D eigenvalue weighted by atomic mass is 10.1. The predicted octanol–water partition coefficient (Wildman–Crippen LogP) is 3.19. The number of rotatable bonds is 4. The van der Waals surface area contributed by atoms with Gasteiger partial charge < -0.3 is 0 Å². The molecule has 114 valence electrons. The Morgan fingerprint density at radius 1 is 1.30 bits per heavy atom. The summed E-state index contributed by atoms with van der Waals surface area (Å²) in [5.41, 5.74) is 1.77. The summed E-state index contributed by atoms with van der Waals surface area (Å²) in [6.07, 6.45) is 0.187. The molecule has 1 N–H and O–H groups in total. The second-order valence-corrected chi connectivity index (χ2v) is 6.48. The maximum Gasteiger partial charge on any atom is 0.192 e. The molecule has 0 bridgehead atoms. The molecule has 0 saturated heterocycles. The van der Waals surface area contributed by atoms with Crippen LogP contribution in [0.5, 0.6) is 0 Å². The van der Waals surface area contributed by atoms with Gasteiger partial charge in [0.1, 0.15) is 16.8 Å². The van der Waals surface area contributed by atoms with Gasteiger partial charge in [-0.05, 0) is 31.2 Å². The number of ketones is 1. The maximum atomic E-state index is 12.3. The Morgan fingerprint density at radius 3 is 2.74 bits per heavy atom. The Kier molecular flexibility index (Phi) is 4.19. The van der Waals surface area contributed by atoms with Crippen LogP contribution in [0.25, 0.3) is 11.4 Å². The van der Waals surface area contributed by atoms with Crippen LogP contribution in [0.4, 0.5) is 0 Å². The third kappa shape index (κ3) is 3.13. The number of aromatic nitrogens is 4. The number of carbonyl (C=O) groups excluding carboxylic acids is 1. The average Bonchev–Trinajstić information content (AvgIpc) is 3.13. The zero-order chi connectivity index (χ0) is 16.4. The Hall–Kier alpha value is -2.56. The van der Waals surface area contributed by atoms with Gasteiger partial charge in [-0.2, -0.15) is 15.6 Å². The number of benzene rings is 1. The number of halogens is 1. The van der Waals surface area contributed by atoms with Crippen LogP contribution >= 0.6 is 22.9 Å². The van der Waals surface area contributed by atoms with Gasteiger partial charge in [-0.25, -0.2) is 4.98 Å². The molecule has 0 aliphatic rings. The molecule has 8 heteroatoms. The monoisotopic (exact) mass is 343 g/mol. The Balaban J connectivity index is 1.85. The van der Waals surface area contributed by atoms with E-state index in [0.717, 1.165) is 4.88 Å². The summed E-state index contributed by atoms with van der Waals surface area (Å²) in [5, 5.41) is 20.4. The van der Waals surface area contributed by atoms with Crippen LogP contribution in [0.3, 0.4) is 0 Å². The first-order valence-corrected chi connectivity index (χ1v) is 7.84. The molecule has 23 heavy (non-hydrogen) atoms. The van der Waals surface area contributed by atoms with Crippen molar-refractivity contribution in [3.8, 4) is 17.5 Å². The number of aromatic amines is 1. The van der Waals surface area contributed by atoms with Crippen molar-refractivity contribution in [3.63, 3.8) is 0 Å². The Morgan fingerprint density at radius 2 is 2.04 bits per heavy atom. The number of aryl methyl sites for hydroxylation is 1. The molecule has 0 saturated carbocycles. The summed E-state index contributed by atoms with van der Waals surface area (Å²) in [4.78, 5) is 17.6. The summed E-state index contributed by atoms with van der Waals surface area (Å²) in [6.45, 7) is 1.87. The van der Waals surface area contributed by atoms with Crippen LogP contribution in [0.15, 0.2) is 24.3 Å². The van der Waals surface area contributed by atoms with Crippen molar-refractivity contribution in [3.05, 3.63) is 50.4 Å². The molecule has 3 aromatic rings. The average molecular weight is 344 g/mol. The number of carbonyl (C=O) groups is 1. The summed E-state index contributed by atoms with van der Waals surface area (Å²) in [5.74, 6) is -0.0392. The van der Waals surface area contributed by atoms with Gasteiger partial charge in [-0.3, -0.25) is 4.79 Å². The predicted molar refractivity (Wildman–Crippen MR) is 86.4 cm³/mol. The number of nitrogens with one attached hydrogen (secondary N) is 1. The standard InChI is InChI=1S/C15H10ClN5OS/c1-8-14(15-11(7-17)19-21-20-15)18-13(23-8)6-12(22)9-2-4-10(16)5-3-9/h2-5H,6H2,1H3,(H,19,20,21). The van der Waals surface area contributed by atoms with E-state index in [0.29, 0.717) is 27.0 Å². The quantitative estimate of drug-likeness (QED) is 0.734.